The van der Waals surface area contributed by atoms with E-state index >= 15 is 0 Å². The number of benzene rings is 1. The van der Waals surface area contributed by atoms with Crippen LogP contribution in [0.3, 0.4) is 0 Å². The molecular formula is C21H27F2N3O3. The standard InChI is InChI=1S/C21H27F2N3O3/c1-4-29-21-19-11(2)15(20(28)26-17(19)7-8-24-21)10-18(27)25-12(3)14-6-5-13(22)9-16(14)23/h5-6,9,12,17,19,21,24H,4,7-8,10H2,1-3H3,(H,25,27)(H,26,28)/t12-,17?,19?,21?/m0/s1. The summed E-state index contributed by atoms with van der Waals surface area (Å²) in [6, 6.07) is 2.55. The minimum Gasteiger partial charge on any atom is -0.363 e. The van der Waals surface area contributed by atoms with Crippen molar-refractivity contribution in [3.8, 4) is 0 Å². The van der Waals surface area contributed by atoms with Gasteiger partial charge < -0.3 is 15.4 Å². The molecule has 1 fully saturated rings. The first-order valence-corrected chi connectivity index (χ1v) is 9.91. The molecular weight excluding hydrogens is 380 g/mol. The first kappa shape index (κ1) is 21.4. The van der Waals surface area contributed by atoms with Gasteiger partial charge in [0.15, 0.2) is 0 Å². The van der Waals surface area contributed by atoms with Crippen molar-refractivity contribution in [1.29, 1.82) is 0 Å². The highest BCUT2D eigenvalue weighted by molar-refractivity contribution is 6.00. The third kappa shape index (κ3) is 4.64. The van der Waals surface area contributed by atoms with Crippen molar-refractivity contribution in [2.75, 3.05) is 13.2 Å². The normalized spacial score (nSPS) is 25.3. The lowest BCUT2D eigenvalue weighted by Gasteiger charge is -2.43. The average molecular weight is 407 g/mol. The van der Waals surface area contributed by atoms with Gasteiger partial charge in [-0.1, -0.05) is 11.6 Å². The second-order valence-corrected chi connectivity index (χ2v) is 7.52. The third-order valence-corrected chi connectivity index (χ3v) is 5.62. The smallest absolute Gasteiger partial charge is 0.247 e. The number of ether oxygens (including phenoxy) is 1. The Morgan fingerprint density at radius 2 is 2.14 bits per heavy atom. The van der Waals surface area contributed by atoms with Crippen molar-refractivity contribution in [3.05, 3.63) is 46.5 Å². The number of fused-ring (bicyclic) bond motifs is 1. The van der Waals surface area contributed by atoms with Gasteiger partial charge in [0.2, 0.25) is 11.8 Å². The summed E-state index contributed by atoms with van der Waals surface area (Å²) in [6.07, 6.45) is 0.453. The molecule has 158 valence electrons. The summed E-state index contributed by atoms with van der Waals surface area (Å²) in [6.45, 7) is 6.68. The van der Waals surface area contributed by atoms with E-state index in [2.05, 4.69) is 16.0 Å². The van der Waals surface area contributed by atoms with Crippen LogP contribution in [0.25, 0.3) is 0 Å². The van der Waals surface area contributed by atoms with Crippen LogP contribution in [-0.4, -0.2) is 37.2 Å². The van der Waals surface area contributed by atoms with Gasteiger partial charge in [0.25, 0.3) is 0 Å². The van der Waals surface area contributed by atoms with Gasteiger partial charge in [-0.3, -0.25) is 14.9 Å². The lowest BCUT2D eigenvalue weighted by molar-refractivity contribution is -0.125. The van der Waals surface area contributed by atoms with Crippen LogP contribution in [0.1, 0.15) is 45.2 Å². The quantitative estimate of drug-likeness (QED) is 0.676. The topological polar surface area (TPSA) is 79.5 Å². The van der Waals surface area contributed by atoms with E-state index in [0.717, 1.165) is 30.7 Å². The van der Waals surface area contributed by atoms with Crippen molar-refractivity contribution in [2.24, 2.45) is 5.92 Å². The molecule has 3 N–H and O–H groups in total. The fourth-order valence-electron chi connectivity index (χ4n) is 4.17. The highest BCUT2D eigenvalue weighted by atomic mass is 19.1. The molecule has 2 aliphatic heterocycles. The second-order valence-electron chi connectivity index (χ2n) is 7.52. The van der Waals surface area contributed by atoms with Crippen LogP contribution >= 0.6 is 0 Å². The summed E-state index contributed by atoms with van der Waals surface area (Å²) in [5.74, 6) is -2.10. The molecule has 0 spiro atoms. The molecule has 6 nitrogen and oxygen atoms in total. The fraction of sp³-hybridized carbons (Fsp3) is 0.524. The predicted octanol–water partition coefficient (Wildman–Crippen LogP) is 2.32. The molecule has 29 heavy (non-hydrogen) atoms. The van der Waals surface area contributed by atoms with Crippen molar-refractivity contribution in [1.82, 2.24) is 16.0 Å². The van der Waals surface area contributed by atoms with Gasteiger partial charge in [-0.05, 0) is 39.8 Å². The number of nitrogens with one attached hydrogen (secondary N) is 3. The molecule has 1 aromatic rings. The Morgan fingerprint density at radius 1 is 1.38 bits per heavy atom. The second kappa shape index (κ2) is 9.00. The number of hydrogen-bond donors (Lipinski definition) is 3. The van der Waals surface area contributed by atoms with E-state index in [1.54, 1.807) is 6.92 Å². The van der Waals surface area contributed by atoms with E-state index in [9.17, 15) is 18.4 Å². The minimum absolute atomic E-state index is 0.0284. The zero-order valence-electron chi connectivity index (χ0n) is 16.9. The van der Waals surface area contributed by atoms with Crippen LogP contribution in [0.4, 0.5) is 8.78 Å². The molecule has 0 saturated carbocycles. The Morgan fingerprint density at radius 3 is 2.83 bits per heavy atom. The van der Waals surface area contributed by atoms with E-state index < -0.39 is 23.6 Å². The van der Waals surface area contributed by atoms with Gasteiger partial charge in [0.1, 0.15) is 17.9 Å². The maximum absolute atomic E-state index is 13.9. The Labute approximate surface area is 169 Å². The van der Waals surface area contributed by atoms with Crippen LogP contribution in [0.2, 0.25) is 0 Å². The lowest BCUT2D eigenvalue weighted by atomic mass is 9.79. The summed E-state index contributed by atoms with van der Waals surface area (Å²) < 4.78 is 32.8. The number of carbonyl (C=O) groups excluding carboxylic acids is 2. The Balaban J connectivity index is 1.74. The SMILES string of the molecule is CCOC1NCCC2NC(=O)C(CC(=O)N[C@@H](C)c3ccc(F)cc3F)=C(C)C21. The van der Waals surface area contributed by atoms with Crippen LogP contribution in [-0.2, 0) is 14.3 Å². The monoisotopic (exact) mass is 407 g/mol. The molecule has 1 aromatic carbocycles. The summed E-state index contributed by atoms with van der Waals surface area (Å²) >= 11 is 0. The molecule has 0 aliphatic carbocycles. The highest BCUT2D eigenvalue weighted by Gasteiger charge is 2.41. The van der Waals surface area contributed by atoms with Crippen LogP contribution in [0.15, 0.2) is 29.3 Å². The zero-order chi connectivity index (χ0) is 21.1. The molecule has 1 saturated heterocycles. The number of rotatable bonds is 6. The zero-order valence-corrected chi connectivity index (χ0v) is 16.9. The Hall–Kier alpha value is -2.32. The maximum Gasteiger partial charge on any atom is 0.247 e. The maximum atomic E-state index is 13.9. The summed E-state index contributed by atoms with van der Waals surface area (Å²) in [4.78, 5) is 25.2. The van der Waals surface area contributed by atoms with Gasteiger partial charge in [0.05, 0.1) is 12.5 Å². The van der Waals surface area contributed by atoms with E-state index in [1.165, 1.54) is 6.07 Å². The average Bonchev–Trinajstić information content (AvgIpc) is 2.65. The predicted molar refractivity (Wildman–Crippen MR) is 104 cm³/mol. The molecule has 4 atom stereocenters. The third-order valence-electron chi connectivity index (χ3n) is 5.62. The van der Waals surface area contributed by atoms with Crippen molar-refractivity contribution >= 4 is 11.8 Å². The van der Waals surface area contributed by atoms with Crippen LogP contribution in [0.5, 0.6) is 0 Å². The molecule has 3 rings (SSSR count). The van der Waals surface area contributed by atoms with E-state index in [1.807, 2.05) is 13.8 Å². The van der Waals surface area contributed by atoms with Crippen molar-refractivity contribution in [2.45, 2.75) is 51.9 Å². The Kier molecular flexibility index (Phi) is 6.64. The first-order valence-electron chi connectivity index (χ1n) is 9.91. The number of halogens is 2. The number of carbonyl (C=O) groups is 2. The molecule has 2 aliphatic rings. The van der Waals surface area contributed by atoms with Gasteiger partial charge in [-0.2, -0.15) is 0 Å². The Bertz CT molecular complexity index is 825. The van der Waals surface area contributed by atoms with E-state index in [-0.39, 0.29) is 36.1 Å². The number of piperidine rings is 1. The summed E-state index contributed by atoms with van der Waals surface area (Å²) in [5, 5.41) is 9.01. The van der Waals surface area contributed by atoms with Crippen LogP contribution in [0, 0.1) is 17.6 Å². The molecule has 0 aromatic heterocycles. The summed E-state index contributed by atoms with van der Waals surface area (Å²) in [7, 11) is 0. The lowest BCUT2D eigenvalue weighted by Crippen LogP contribution is -2.59. The van der Waals surface area contributed by atoms with Crippen molar-refractivity contribution < 1.29 is 23.1 Å². The van der Waals surface area contributed by atoms with E-state index in [0.29, 0.717) is 12.2 Å². The van der Waals surface area contributed by atoms with Crippen LogP contribution < -0.4 is 16.0 Å². The van der Waals surface area contributed by atoms with Gasteiger partial charge in [0, 0.05) is 35.8 Å². The first-order chi connectivity index (χ1) is 13.8. The molecule has 2 amide bonds. The number of amides is 2. The fourth-order valence-corrected chi connectivity index (χ4v) is 4.17. The summed E-state index contributed by atoms with van der Waals surface area (Å²) in [5.41, 5.74) is 1.43. The van der Waals surface area contributed by atoms with E-state index in [4.69, 9.17) is 4.74 Å². The minimum atomic E-state index is -0.723. The van der Waals surface area contributed by atoms with Gasteiger partial charge in [-0.15, -0.1) is 0 Å². The van der Waals surface area contributed by atoms with Gasteiger partial charge in [-0.25, -0.2) is 8.78 Å². The molecule has 8 heteroatoms. The molecule has 3 unspecified atom stereocenters. The molecule has 0 bridgehead atoms. The largest absolute Gasteiger partial charge is 0.363 e. The van der Waals surface area contributed by atoms with Gasteiger partial charge >= 0.3 is 0 Å². The molecule has 0 radical (unpaired) electrons. The molecule has 2 heterocycles. The highest BCUT2D eigenvalue weighted by Crippen LogP contribution is 2.32. The van der Waals surface area contributed by atoms with Crippen molar-refractivity contribution in [3.63, 3.8) is 0 Å². The number of hydrogen-bond acceptors (Lipinski definition) is 4.